The largest absolute Gasteiger partial charge is 0.456 e. The van der Waals surface area contributed by atoms with Gasteiger partial charge in [-0.15, -0.1) is 11.3 Å². The van der Waals surface area contributed by atoms with Gasteiger partial charge in [-0.2, -0.15) is 0 Å². The molecule has 0 saturated heterocycles. The Hall–Kier alpha value is -7.41. The number of fused-ring (bicyclic) bond motifs is 8. The number of amidine groups is 2. The molecule has 12 rings (SSSR count). The smallest absolute Gasteiger partial charge is 0.159 e. The van der Waals surface area contributed by atoms with Gasteiger partial charge in [0.1, 0.15) is 23.2 Å². The molecule has 2 unspecified atom stereocenters. The number of rotatable bonds is 6. The summed E-state index contributed by atoms with van der Waals surface area (Å²) in [6.45, 7) is 2.33. The topological polar surface area (TPSA) is 54.0 Å². The highest BCUT2D eigenvalue weighted by Gasteiger charge is 2.30. The van der Waals surface area contributed by atoms with Crippen molar-refractivity contribution in [1.29, 1.82) is 0 Å². The minimum absolute atomic E-state index is 0.162. The average molecular weight is 817 g/mol. The lowest BCUT2D eigenvalue weighted by molar-refractivity contribution is 0.380. The number of likely N-dealkylation sites (N-methyl/N-ethyl adjacent to an activating group) is 1. The van der Waals surface area contributed by atoms with Crippen molar-refractivity contribution in [2.45, 2.75) is 19.5 Å². The lowest BCUT2D eigenvalue weighted by atomic mass is 9.83. The van der Waals surface area contributed by atoms with Crippen LogP contribution >= 0.6 is 11.3 Å². The molecule has 5 nitrogen and oxygen atoms in total. The summed E-state index contributed by atoms with van der Waals surface area (Å²) in [5, 5.41) is 5.96. The standard InChI is InChI=1S/C56H40N4OS/c1-34-31-41(56-59-54(37-13-5-3-6-14-37)58-55(60(56)2)38-15-7-4-8-16-38)26-28-42(34)35-21-23-36(24-22-35)52-53-51(45-18-10-12-20-50(45)62-53)46-32-39(27-30-47(46)57-52)40-25-29-44-43-17-9-11-19-48(43)61-49(44)33-40/h3-30,32-34,55H,31H2,1-2H3. The number of furan rings is 1. The first-order chi connectivity index (χ1) is 30.5. The predicted octanol–water partition coefficient (Wildman–Crippen LogP) is 14.7. The second-order valence-corrected chi connectivity index (χ2v) is 17.5. The zero-order valence-electron chi connectivity index (χ0n) is 34.3. The summed E-state index contributed by atoms with van der Waals surface area (Å²) in [4.78, 5) is 18.0. The van der Waals surface area contributed by atoms with E-state index in [1.165, 1.54) is 36.9 Å². The lowest BCUT2D eigenvalue weighted by Crippen LogP contribution is -2.36. The van der Waals surface area contributed by atoms with Gasteiger partial charge in [-0.3, -0.25) is 0 Å². The fourth-order valence-corrected chi connectivity index (χ4v) is 10.7. The molecular formula is C56H40N4OS. The maximum absolute atomic E-state index is 6.28. The fraction of sp³-hybridized carbons (Fsp3) is 0.0893. The van der Waals surface area contributed by atoms with Gasteiger partial charge in [0.25, 0.3) is 0 Å². The Labute approximate surface area is 363 Å². The second-order valence-electron chi connectivity index (χ2n) is 16.4. The van der Waals surface area contributed by atoms with Gasteiger partial charge in [0, 0.05) is 49.8 Å². The van der Waals surface area contributed by atoms with Crippen LogP contribution in [-0.4, -0.2) is 28.6 Å². The van der Waals surface area contributed by atoms with Gasteiger partial charge in [-0.25, -0.2) is 15.0 Å². The number of para-hydroxylation sites is 1. The number of aromatic nitrogens is 1. The number of pyridine rings is 1. The Morgan fingerprint density at radius 3 is 2.10 bits per heavy atom. The molecule has 0 bridgehead atoms. The van der Waals surface area contributed by atoms with E-state index in [4.69, 9.17) is 19.4 Å². The summed E-state index contributed by atoms with van der Waals surface area (Å²) in [5.74, 6) is 2.03. The molecule has 1 aliphatic heterocycles. The summed E-state index contributed by atoms with van der Waals surface area (Å²) in [6.07, 6.45) is 5.28. The van der Waals surface area contributed by atoms with Crippen molar-refractivity contribution in [1.82, 2.24) is 9.88 Å². The van der Waals surface area contributed by atoms with Crippen molar-refractivity contribution in [2.24, 2.45) is 15.9 Å². The highest BCUT2D eigenvalue weighted by atomic mass is 32.1. The molecule has 0 spiro atoms. The van der Waals surface area contributed by atoms with Crippen LogP contribution in [0.25, 0.3) is 81.0 Å². The van der Waals surface area contributed by atoms with Crippen LogP contribution in [0.5, 0.6) is 0 Å². The Bertz CT molecular complexity index is 3520. The molecule has 1 aliphatic carbocycles. The number of nitrogens with zero attached hydrogens (tertiary/aromatic N) is 4. The van der Waals surface area contributed by atoms with Crippen LogP contribution < -0.4 is 0 Å². The fourth-order valence-electron chi connectivity index (χ4n) is 9.47. The Morgan fingerprint density at radius 1 is 0.597 bits per heavy atom. The molecule has 0 amide bonds. The molecule has 4 heterocycles. The van der Waals surface area contributed by atoms with E-state index in [0.29, 0.717) is 5.92 Å². The number of hydrogen-bond acceptors (Lipinski definition) is 6. The van der Waals surface area contributed by atoms with E-state index in [0.717, 1.165) is 84.4 Å². The van der Waals surface area contributed by atoms with Gasteiger partial charge in [-0.1, -0.05) is 153 Å². The maximum Gasteiger partial charge on any atom is 0.159 e. The van der Waals surface area contributed by atoms with Crippen molar-refractivity contribution in [3.8, 4) is 22.4 Å². The lowest BCUT2D eigenvalue weighted by Gasteiger charge is -2.35. The van der Waals surface area contributed by atoms with E-state index in [-0.39, 0.29) is 6.17 Å². The van der Waals surface area contributed by atoms with Gasteiger partial charge in [-0.05, 0) is 82.1 Å². The van der Waals surface area contributed by atoms with E-state index < -0.39 is 0 Å². The first-order valence-corrected chi connectivity index (χ1v) is 22.0. The van der Waals surface area contributed by atoms with E-state index in [9.17, 15) is 0 Å². The molecule has 296 valence electrons. The van der Waals surface area contributed by atoms with Crippen LogP contribution in [0.3, 0.4) is 0 Å². The Morgan fingerprint density at radius 2 is 1.27 bits per heavy atom. The van der Waals surface area contributed by atoms with Gasteiger partial charge in [0.05, 0.1) is 15.9 Å². The Kier molecular flexibility index (Phi) is 8.61. The number of thiophene rings is 1. The van der Waals surface area contributed by atoms with Crippen LogP contribution in [0.4, 0.5) is 0 Å². The van der Waals surface area contributed by atoms with Crippen LogP contribution in [0.15, 0.2) is 202 Å². The molecule has 0 saturated carbocycles. The minimum Gasteiger partial charge on any atom is -0.456 e. The summed E-state index contributed by atoms with van der Waals surface area (Å²) in [5.41, 5.74) is 13.1. The molecule has 2 aliphatic rings. The first kappa shape index (κ1) is 36.4. The van der Waals surface area contributed by atoms with E-state index in [1.54, 1.807) is 0 Å². The third-order valence-electron chi connectivity index (χ3n) is 12.6. The predicted molar refractivity (Wildman–Crippen MR) is 260 cm³/mol. The quantitative estimate of drug-likeness (QED) is 0.168. The summed E-state index contributed by atoms with van der Waals surface area (Å²) in [7, 11) is 2.11. The van der Waals surface area contributed by atoms with Crippen molar-refractivity contribution < 1.29 is 4.42 Å². The molecule has 0 radical (unpaired) electrons. The maximum atomic E-state index is 6.28. The first-order valence-electron chi connectivity index (χ1n) is 21.2. The number of benzene rings is 7. The van der Waals surface area contributed by atoms with Crippen LogP contribution in [0.2, 0.25) is 0 Å². The molecule has 6 heteroatoms. The zero-order valence-corrected chi connectivity index (χ0v) is 35.1. The monoisotopic (exact) mass is 816 g/mol. The van der Waals surface area contributed by atoms with Crippen molar-refractivity contribution >= 4 is 81.6 Å². The number of aliphatic imine (C=N–C) groups is 2. The summed E-state index contributed by atoms with van der Waals surface area (Å²) in [6, 6.07) is 60.1. The highest BCUT2D eigenvalue weighted by molar-refractivity contribution is 7.26. The molecular weight excluding hydrogens is 777 g/mol. The van der Waals surface area contributed by atoms with Crippen LogP contribution in [-0.2, 0) is 0 Å². The van der Waals surface area contributed by atoms with Crippen molar-refractivity contribution in [2.75, 3.05) is 7.05 Å². The third kappa shape index (κ3) is 6.09. The normalized spacial score (nSPS) is 16.8. The summed E-state index contributed by atoms with van der Waals surface area (Å²) < 4.78 is 8.75. The van der Waals surface area contributed by atoms with E-state index in [1.807, 2.05) is 41.7 Å². The minimum atomic E-state index is -0.162. The molecule has 2 atom stereocenters. The Balaban J connectivity index is 0.898. The SMILES string of the molecule is CC1CC(C2=NC(c3ccccc3)=NC(c3ccccc3)N2C)=CC=C1c1ccc(-c2nc3ccc(-c4ccc5c(c4)oc4ccccc45)cc3c3c2sc2ccccc23)cc1. The molecule has 0 N–H and O–H groups in total. The average Bonchev–Trinajstić information content (AvgIpc) is 3.91. The van der Waals surface area contributed by atoms with Crippen LogP contribution in [0.1, 0.15) is 36.2 Å². The molecule has 10 aromatic rings. The van der Waals surface area contributed by atoms with E-state index in [2.05, 4.69) is 171 Å². The molecule has 3 aromatic heterocycles. The van der Waals surface area contributed by atoms with E-state index >= 15 is 0 Å². The van der Waals surface area contributed by atoms with Gasteiger partial charge < -0.3 is 9.32 Å². The zero-order chi connectivity index (χ0) is 41.3. The second kappa shape index (κ2) is 14.6. The molecule has 0 fully saturated rings. The third-order valence-corrected chi connectivity index (χ3v) is 13.8. The van der Waals surface area contributed by atoms with Gasteiger partial charge in [0.15, 0.2) is 5.84 Å². The highest BCUT2D eigenvalue weighted by Crippen LogP contribution is 2.45. The number of allylic oxidation sites excluding steroid dienone is 3. The van der Waals surface area contributed by atoms with Gasteiger partial charge >= 0.3 is 0 Å². The molecule has 62 heavy (non-hydrogen) atoms. The van der Waals surface area contributed by atoms with Crippen molar-refractivity contribution in [3.05, 3.63) is 204 Å². The molecule has 7 aromatic carbocycles. The summed E-state index contributed by atoms with van der Waals surface area (Å²) >= 11 is 1.83. The van der Waals surface area contributed by atoms with Crippen LogP contribution in [0, 0.1) is 5.92 Å². The van der Waals surface area contributed by atoms with Gasteiger partial charge in [0.2, 0.25) is 0 Å². The number of hydrogen-bond donors (Lipinski definition) is 0. The van der Waals surface area contributed by atoms with Crippen molar-refractivity contribution in [3.63, 3.8) is 0 Å².